The molecule has 0 aromatic carbocycles. The Morgan fingerprint density at radius 3 is 2.38 bits per heavy atom. The van der Waals surface area contributed by atoms with Crippen LogP contribution in [-0.2, 0) is 4.79 Å². The zero-order valence-electron chi connectivity index (χ0n) is 14.2. The molecule has 0 aliphatic heterocycles. The van der Waals surface area contributed by atoms with E-state index in [1.54, 1.807) is 12.1 Å². The average Bonchev–Trinajstić information content (AvgIpc) is 3.05. The molecule has 5 heteroatoms. The van der Waals surface area contributed by atoms with Gasteiger partial charge < -0.3 is 15.1 Å². The van der Waals surface area contributed by atoms with Crippen LogP contribution in [0.15, 0.2) is 22.8 Å². The molecule has 4 bridgehead atoms. The first kappa shape index (κ1) is 15.7. The van der Waals surface area contributed by atoms with E-state index in [1.165, 1.54) is 44.8 Å². The van der Waals surface area contributed by atoms with Crippen LogP contribution in [0.5, 0.6) is 0 Å². The summed E-state index contributed by atoms with van der Waals surface area (Å²) >= 11 is 0. The molecule has 1 aromatic heterocycles. The molecule has 4 fully saturated rings. The maximum absolute atomic E-state index is 12.3. The van der Waals surface area contributed by atoms with E-state index >= 15 is 0 Å². The van der Waals surface area contributed by atoms with Crippen molar-refractivity contribution in [2.75, 3.05) is 6.54 Å². The normalized spacial score (nSPS) is 34.8. The molecule has 0 radical (unpaired) electrons. The molecule has 2 amide bonds. The average molecular weight is 330 g/mol. The van der Waals surface area contributed by atoms with Crippen molar-refractivity contribution < 1.29 is 14.0 Å². The summed E-state index contributed by atoms with van der Waals surface area (Å²) in [4.78, 5) is 24.1. The van der Waals surface area contributed by atoms with E-state index in [4.69, 9.17) is 4.42 Å². The van der Waals surface area contributed by atoms with Gasteiger partial charge in [0.05, 0.1) is 12.8 Å². The highest BCUT2D eigenvalue weighted by Crippen LogP contribution is 2.61. The minimum atomic E-state index is -0.349. The molecular formula is C19H26N2O3. The van der Waals surface area contributed by atoms with Gasteiger partial charge in [0.2, 0.25) is 5.91 Å². The van der Waals surface area contributed by atoms with Gasteiger partial charge in [0, 0.05) is 6.04 Å². The highest BCUT2D eigenvalue weighted by Gasteiger charge is 2.53. The fraction of sp³-hybridized carbons (Fsp3) is 0.684. The maximum atomic E-state index is 12.3. The van der Waals surface area contributed by atoms with Gasteiger partial charge in [0.15, 0.2) is 5.76 Å². The molecule has 1 heterocycles. The number of carbonyl (C=O) groups is 2. The predicted octanol–water partition coefficient (Wildman–Crippen LogP) is 2.73. The minimum Gasteiger partial charge on any atom is -0.459 e. The van der Waals surface area contributed by atoms with Gasteiger partial charge >= 0.3 is 0 Å². The molecule has 1 atom stereocenters. The quantitative estimate of drug-likeness (QED) is 0.872. The lowest BCUT2D eigenvalue weighted by Gasteiger charge is -2.59. The van der Waals surface area contributed by atoms with E-state index in [9.17, 15) is 9.59 Å². The van der Waals surface area contributed by atoms with Gasteiger partial charge in [0.25, 0.3) is 5.91 Å². The molecule has 0 unspecified atom stereocenters. The van der Waals surface area contributed by atoms with Gasteiger partial charge in [-0.3, -0.25) is 9.59 Å². The molecule has 24 heavy (non-hydrogen) atoms. The molecular weight excluding hydrogens is 304 g/mol. The molecule has 130 valence electrons. The van der Waals surface area contributed by atoms with Crippen molar-refractivity contribution in [1.29, 1.82) is 0 Å². The molecule has 1 aromatic rings. The van der Waals surface area contributed by atoms with Crippen molar-refractivity contribution in [2.45, 2.75) is 51.5 Å². The van der Waals surface area contributed by atoms with Crippen LogP contribution in [0.2, 0.25) is 0 Å². The summed E-state index contributed by atoms with van der Waals surface area (Å²) in [5, 5.41) is 5.77. The molecule has 2 N–H and O–H groups in total. The van der Waals surface area contributed by atoms with E-state index in [0.29, 0.717) is 0 Å². The number of hydrogen-bond donors (Lipinski definition) is 2. The fourth-order valence-corrected chi connectivity index (χ4v) is 5.81. The van der Waals surface area contributed by atoms with Gasteiger partial charge in [-0.1, -0.05) is 0 Å². The summed E-state index contributed by atoms with van der Waals surface area (Å²) in [6.45, 7) is 2.15. The topological polar surface area (TPSA) is 71.3 Å². The van der Waals surface area contributed by atoms with E-state index in [1.807, 2.05) is 0 Å². The van der Waals surface area contributed by atoms with Crippen molar-refractivity contribution in [3.63, 3.8) is 0 Å². The van der Waals surface area contributed by atoms with Gasteiger partial charge in [-0.2, -0.15) is 0 Å². The third kappa shape index (κ3) is 2.85. The second-order valence-electron chi connectivity index (χ2n) is 8.23. The second kappa shape index (κ2) is 5.94. The van der Waals surface area contributed by atoms with E-state index in [-0.39, 0.29) is 35.6 Å². The van der Waals surface area contributed by atoms with Crippen LogP contribution in [0, 0.1) is 23.2 Å². The van der Waals surface area contributed by atoms with Gasteiger partial charge in [-0.25, -0.2) is 0 Å². The van der Waals surface area contributed by atoms with E-state index < -0.39 is 0 Å². The number of hydrogen-bond acceptors (Lipinski definition) is 3. The SMILES string of the molecule is C[C@H](NC(=O)CNC(=O)c1ccco1)C12CC3CC(CC(C3)C1)C2. The third-order valence-electron chi connectivity index (χ3n) is 6.54. The number of furan rings is 1. The van der Waals surface area contributed by atoms with Crippen molar-refractivity contribution in [3.05, 3.63) is 24.2 Å². The Labute approximate surface area is 142 Å². The summed E-state index contributed by atoms with van der Waals surface area (Å²) in [6, 6.07) is 3.42. The largest absolute Gasteiger partial charge is 0.459 e. The Bertz CT molecular complexity index is 587. The smallest absolute Gasteiger partial charge is 0.287 e. The highest BCUT2D eigenvalue weighted by atomic mass is 16.3. The minimum absolute atomic E-state index is 0.00373. The van der Waals surface area contributed by atoms with E-state index in [2.05, 4.69) is 17.6 Å². The summed E-state index contributed by atoms with van der Waals surface area (Å²) < 4.78 is 5.03. The highest BCUT2D eigenvalue weighted by molar-refractivity contribution is 5.94. The molecule has 0 spiro atoms. The number of carbonyl (C=O) groups excluding carboxylic acids is 2. The Hall–Kier alpha value is -1.78. The number of amides is 2. The van der Waals surface area contributed by atoms with Crippen LogP contribution < -0.4 is 10.6 Å². The van der Waals surface area contributed by atoms with Crippen molar-refractivity contribution in [3.8, 4) is 0 Å². The van der Waals surface area contributed by atoms with Crippen LogP contribution in [0.4, 0.5) is 0 Å². The van der Waals surface area contributed by atoms with Gasteiger partial charge in [-0.05, 0) is 80.8 Å². The summed E-state index contributed by atoms with van der Waals surface area (Å²) in [6.07, 6.45) is 9.44. The van der Waals surface area contributed by atoms with Crippen molar-refractivity contribution in [1.82, 2.24) is 10.6 Å². The summed E-state index contributed by atoms with van der Waals surface area (Å²) in [5.74, 6) is 2.38. The van der Waals surface area contributed by atoms with Crippen molar-refractivity contribution in [2.24, 2.45) is 23.2 Å². The summed E-state index contributed by atoms with van der Waals surface area (Å²) in [7, 11) is 0. The standard InChI is InChI=1S/C19H26N2O3/c1-12(19-8-13-5-14(9-19)7-15(6-13)10-19)21-17(22)11-20-18(23)16-3-2-4-24-16/h2-4,12-15H,5-11H2,1H3,(H,20,23)(H,21,22)/t12-,13?,14?,15?,19?/m0/s1. The Morgan fingerprint density at radius 2 is 1.83 bits per heavy atom. The first-order valence-electron chi connectivity index (χ1n) is 9.15. The summed E-state index contributed by atoms with van der Waals surface area (Å²) in [5.41, 5.74) is 0.287. The zero-order valence-corrected chi connectivity index (χ0v) is 14.2. The second-order valence-corrected chi connectivity index (χ2v) is 8.23. The van der Waals surface area contributed by atoms with Gasteiger partial charge in [-0.15, -0.1) is 0 Å². The number of rotatable bonds is 5. The lowest BCUT2D eigenvalue weighted by atomic mass is 9.48. The van der Waals surface area contributed by atoms with Crippen molar-refractivity contribution >= 4 is 11.8 Å². The van der Waals surface area contributed by atoms with Crippen LogP contribution in [-0.4, -0.2) is 24.4 Å². The Morgan fingerprint density at radius 1 is 1.21 bits per heavy atom. The predicted molar refractivity (Wildman–Crippen MR) is 89.3 cm³/mol. The monoisotopic (exact) mass is 330 g/mol. The zero-order chi connectivity index (χ0) is 16.7. The van der Waals surface area contributed by atoms with Crippen LogP contribution in [0.3, 0.4) is 0 Å². The maximum Gasteiger partial charge on any atom is 0.287 e. The van der Waals surface area contributed by atoms with Gasteiger partial charge in [0.1, 0.15) is 0 Å². The molecule has 0 saturated heterocycles. The van der Waals surface area contributed by atoms with Crippen LogP contribution in [0.25, 0.3) is 0 Å². The van der Waals surface area contributed by atoms with Crippen LogP contribution in [0.1, 0.15) is 56.0 Å². The van der Waals surface area contributed by atoms with E-state index in [0.717, 1.165) is 17.8 Å². The first-order valence-corrected chi connectivity index (χ1v) is 9.15. The molecule has 4 aliphatic carbocycles. The molecule has 4 aliphatic rings. The lowest BCUT2D eigenvalue weighted by Crippen LogP contribution is -2.56. The first-order chi connectivity index (χ1) is 11.5. The molecule has 4 saturated carbocycles. The third-order valence-corrected chi connectivity index (χ3v) is 6.54. The fourth-order valence-electron chi connectivity index (χ4n) is 5.81. The molecule has 5 nitrogen and oxygen atoms in total. The van der Waals surface area contributed by atoms with Crippen LogP contribution >= 0.6 is 0 Å². The lowest BCUT2D eigenvalue weighted by molar-refractivity contribution is -0.124. The Kier molecular flexibility index (Phi) is 3.89. The Balaban J connectivity index is 1.32. The number of nitrogens with one attached hydrogen (secondary N) is 2. The molecule has 5 rings (SSSR count).